The summed E-state index contributed by atoms with van der Waals surface area (Å²) in [5.41, 5.74) is 1.27. The highest BCUT2D eigenvalue weighted by Crippen LogP contribution is 2.24. The summed E-state index contributed by atoms with van der Waals surface area (Å²) in [7, 11) is 0. The van der Waals surface area contributed by atoms with Crippen molar-refractivity contribution in [2.24, 2.45) is 0 Å². The van der Waals surface area contributed by atoms with E-state index in [0.29, 0.717) is 22.8 Å². The Kier molecular flexibility index (Phi) is 6.09. The lowest BCUT2D eigenvalue weighted by molar-refractivity contribution is -0.139. The maximum Gasteiger partial charge on any atom is 0.420 e. The average Bonchev–Trinajstić information content (AvgIpc) is 2.89. The quantitative estimate of drug-likeness (QED) is 0.456. The normalized spacial score (nSPS) is 10.6. The van der Waals surface area contributed by atoms with Crippen LogP contribution >= 0.6 is 23.4 Å². The van der Waals surface area contributed by atoms with Crippen molar-refractivity contribution in [2.45, 2.75) is 12.1 Å². The summed E-state index contributed by atoms with van der Waals surface area (Å²) in [6.07, 6.45) is -0.569. The molecule has 1 heterocycles. The maximum atomic E-state index is 12.2. The van der Waals surface area contributed by atoms with Gasteiger partial charge in [-0.3, -0.25) is 4.79 Å². The molecule has 0 saturated heterocycles. The number of carbonyl (C=O) groups excluding carboxylic acids is 2. The Balaban J connectivity index is 2.27. The van der Waals surface area contributed by atoms with E-state index in [0.717, 1.165) is 11.8 Å². The lowest BCUT2D eigenvalue weighted by Crippen LogP contribution is -2.16. The van der Waals surface area contributed by atoms with Crippen molar-refractivity contribution in [3.05, 3.63) is 24.3 Å². The molecule has 1 aromatic heterocycles. The number of para-hydroxylation sites is 2. The molecule has 0 fully saturated rings. The summed E-state index contributed by atoms with van der Waals surface area (Å²) in [4.78, 5) is 28.0. The molecule has 0 saturated carbocycles. The highest BCUT2D eigenvalue weighted by molar-refractivity contribution is 7.99. The molecule has 22 heavy (non-hydrogen) atoms. The van der Waals surface area contributed by atoms with Crippen molar-refractivity contribution in [3.63, 3.8) is 0 Å². The third kappa shape index (κ3) is 3.92. The number of benzene rings is 1. The molecule has 0 aliphatic rings. The van der Waals surface area contributed by atoms with E-state index >= 15 is 0 Å². The number of fused-ring (bicyclic) bond motifs is 1. The van der Waals surface area contributed by atoms with Gasteiger partial charge in [-0.25, -0.2) is 14.3 Å². The number of alkyl halides is 1. The van der Waals surface area contributed by atoms with Crippen molar-refractivity contribution in [1.82, 2.24) is 9.55 Å². The number of ether oxygens (including phenoxy) is 2. The number of thioether (sulfide) groups is 1. The second-order valence-corrected chi connectivity index (χ2v) is 5.44. The fraction of sp³-hybridized carbons (Fsp3) is 0.357. The molecule has 2 rings (SSSR count). The molecule has 0 atom stereocenters. The minimum absolute atomic E-state index is 0.0694. The molecule has 0 aliphatic carbocycles. The first-order chi connectivity index (χ1) is 10.7. The zero-order chi connectivity index (χ0) is 15.9. The second kappa shape index (κ2) is 8.05. The van der Waals surface area contributed by atoms with Crippen LogP contribution in [-0.2, 0) is 14.3 Å². The summed E-state index contributed by atoms with van der Waals surface area (Å²) in [6.45, 7) is 2.16. The standard InChI is InChI=1S/C14H15ClN2O4S/c1-2-20-12(18)9-22-13-16-10-5-3-4-6-11(10)17(13)14(19)21-8-7-15/h3-6H,2,7-9H2,1H3. The van der Waals surface area contributed by atoms with Crippen LogP contribution in [0.15, 0.2) is 29.4 Å². The Bertz CT molecular complexity index is 674. The first kappa shape index (κ1) is 16.6. The number of hydrogen-bond donors (Lipinski definition) is 0. The van der Waals surface area contributed by atoms with Crippen molar-refractivity contribution in [3.8, 4) is 0 Å². The number of rotatable bonds is 6. The largest absolute Gasteiger partial charge is 0.465 e. The van der Waals surface area contributed by atoms with Gasteiger partial charge in [0, 0.05) is 0 Å². The molecule has 0 radical (unpaired) electrons. The van der Waals surface area contributed by atoms with Crippen LogP contribution in [0, 0.1) is 0 Å². The lowest BCUT2D eigenvalue weighted by Gasteiger charge is -2.07. The summed E-state index contributed by atoms with van der Waals surface area (Å²) in [6, 6.07) is 7.17. The van der Waals surface area contributed by atoms with Gasteiger partial charge in [0.05, 0.1) is 29.3 Å². The van der Waals surface area contributed by atoms with E-state index in [2.05, 4.69) is 4.98 Å². The van der Waals surface area contributed by atoms with Gasteiger partial charge in [0.2, 0.25) is 0 Å². The lowest BCUT2D eigenvalue weighted by atomic mass is 10.3. The fourth-order valence-electron chi connectivity index (χ4n) is 1.79. The summed E-state index contributed by atoms with van der Waals surface area (Å²) >= 11 is 6.66. The third-order valence-electron chi connectivity index (χ3n) is 2.64. The molecule has 2 aromatic rings. The highest BCUT2D eigenvalue weighted by atomic mass is 35.5. The Labute approximate surface area is 136 Å². The predicted molar refractivity (Wildman–Crippen MR) is 84.6 cm³/mol. The minimum Gasteiger partial charge on any atom is -0.465 e. The van der Waals surface area contributed by atoms with Gasteiger partial charge in [0.15, 0.2) is 5.16 Å². The van der Waals surface area contributed by atoms with Gasteiger partial charge >= 0.3 is 12.1 Å². The number of hydrogen-bond acceptors (Lipinski definition) is 6. The molecule has 0 aliphatic heterocycles. The molecule has 8 heteroatoms. The van der Waals surface area contributed by atoms with Crippen LogP contribution in [0.4, 0.5) is 4.79 Å². The van der Waals surface area contributed by atoms with Gasteiger partial charge < -0.3 is 9.47 Å². The summed E-state index contributed by atoms with van der Waals surface area (Å²) in [5, 5.41) is 0.383. The van der Waals surface area contributed by atoms with E-state index in [9.17, 15) is 9.59 Å². The zero-order valence-electron chi connectivity index (χ0n) is 12.0. The van der Waals surface area contributed by atoms with Crippen molar-refractivity contribution in [1.29, 1.82) is 0 Å². The molecular weight excluding hydrogens is 328 g/mol. The Morgan fingerprint density at radius 2 is 2.09 bits per heavy atom. The van der Waals surface area contributed by atoms with Gasteiger partial charge in [0.1, 0.15) is 6.61 Å². The molecule has 0 amide bonds. The number of halogens is 1. The van der Waals surface area contributed by atoms with Crippen molar-refractivity contribution >= 4 is 46.5 Å². The molecule has 0 unspecified atom stereocenters. The second-order valence-electron chi connectivity index (χ2n) is 4.12. The summed E-state index contributed by atoms with van der Waals surface area (Å²) in [5.74, 6) is -0.0795. The molecule has 0 N–H and O–H groups in total. The van der Waals surface area contributed by atoms with Gasteiger partial charge in [-0.1, -0.05) is 23.9 Å². The smallest absolute Gasteiger partial charge is 0.420 e. The van der Waals surface area contributed by atoms with Gasteiger partial charge in [-0.05, 0) is 19.1 Å². The summed E-state index contributed by atoms with van der Waals surface area (Å²) < 4.78 is 11.3. The van der Waals surface area contributed by atoms with Crippen LogP contribution in [0.5, 0.6) is 0 Å². The number of imidazole rings is 1. The topological polar surface area (TPSA) is 70.4 Å². The Hall–Kier alpha value is -1.73. The first-order valence-electron chi connectivity index (χ1n) is 6.66. The van der Waals surface area contributed by atoms with Crippen LogP contribution in [0.3, 0.4) is 0 Å². The van der Waals surface area contributed by atoms with E-state index in [1.54, 1.807) is 25.1 Å². The van der Waals surface area contributed by atoms with Gasteiger partial charge in [-0.2, -0.15) is 0 Å². The number of carbonyl (C=O) groups is 2. The molecule has 1 aromatic carbocycles. The van der Waals surface area contributed by atoms with Gasteiger partial charge in [0.25, 0.3) is 0 Å². The van der Waals surface area contributed by atoms with E-state index in [4.69, 9.17) is 21.1 Å². The van der Waals surface area contributed by atoms with Crippen molar-refractivity contribution in [2.75, 3.05) is 24.8 Å². The van der Waals surface area contributed by atoms with Gasteiger partial charge in [-0.15, -0.1) is 11.6 Å². The molecule has 0 spiro atoms. The van der Waals surface area contributed by atoms with Crippen LogP contribution in [0.1, 0.15) is 6.92 Å². The maximum absolute atomic E-state index is 12.2. The number of esters is 1. The monoisotopic (exact) mass is 342 g/mol. The minimum atomic E-state index is -0.569. The predicted octanol–water partition coefficient (Wildman–Crippen LogP) is 2.92. The SMILES string of the molecule is CCOC(=O)CSc1nc2ccccc2n1C(=O)OCCCl. The van der Waals surface area contributed by atoms with E-state index in [1.165, 1.54) is 4.57 Å². The number of nitrogens with zero attached hydrogens (tertiary/aromatic N) is 2. The van der Waals surface area contributed by atoms with Crippen LogP contribution in [-0.4, -0.2) is 46.5 Å². The molecule has 6 nitrogen and oxygen atoms in total. The van der Waals surface area contributed by atoms with Crippen LogP contribution < -0.4 is 0 Å². The molecular formula is C14H15ClN2O4S. The Morgan fingerprint density at radius 3 is 2.82 bits per heavy atom. The van der Waals surface area contributed by atoms with E-state index in [1.807, 2.05) is 6.07 Å². The number of aromatic nitrogens is 2. The average molecular weight is 343 g/mol. The molecule has 118 valence electrons. The Morgan fingerprint density at radius 1 is 1.32 bits per heavy atom. The van der Waals surface area contributed by atoms with E-state index < -0.39 is 6.09 Å². The fourth-order valence-corrected chi connectivity index (χ4v) is 2.67. The third-order valence-corrected chi connectivity index (χ3v) is 3.71. The van der Waals surface area contributed by atoms with Crippen LogP contribution in [0.2, 0.25) is 0 Å². The highest BCUT2D eigenvalue weighted by Gasteiger charge is 2.19. The van der Waals surface area contributed by atoms with E-state index in [-0.39, 0.29) is 24.2 Å². The zero-order valence-corrected chi connectivity index (χ0v) is 13.5. The first-order valence-corrected chi connectivity index (χ1v) is 8.18. The van der Waals surface area contributed by atoms with Crippen LogP contribution in [0.25, 0.3) is 11.0 Å². The van der Waals surface area contributed by atoms with Crippen molar-refractivity contribution < 1.29 is 19.1 Å². The molecule has 0 bridgehead atoms.